The van der Waals surface area contributed by atoms with Gasteiger partial charge in [-0.25, -0.2) is 0 Å². The fraction of sp³-hybridized carbons (Fsp3) is 0.571. The molecule has 0 aliphatic carbocycles. The van der Waals surface area contributed by atoms with Crippen LogP contribution >= 0.6 is 11.6 Å². The average molecular weight is 272 g/mol. The number of aliphatic hydroxyl groups is 1. The molecule has 0 radical (unpaired) electrons. The third-order valence-corrected chi connectivity index (χ3v) is 2.93. The second kappa shape index (κ2) is 9.20. The number of unbranched alkanes of at least 4 members (excludes halogenated alkanes) is 2. The maximum Gasteiger partial charge on any atom is 0.137 e. The van der Waals surface area contributed by atoms with E-state index in [1.165, 1.54) is 0 Å². The summed E-state index contributed by atoms with van der Waals surface area (Å²) in [5.41, 5.74) is 1.16. The lowest BCUT2D eigenvalue weighted by Gasteiger charge is -2.08. The van der Waals surface area contributed by atoms with Crippen LogP contribution in [0.1, 0.15) is 31.7 Å². The molecular weight excluding hydrogens is 250 g/mol. The zero-order valence-electron chi connectivity index (χ0n) is 10.9. The van der Waals surface area contributed by atoms with Gasteiger partial charge in [-0.1, -0.05) is 17.7 Å². The molecule has 0 aliphatic heterocycles. The number of benzene rings is 1. The summed E-state index contributed by atoms with van der Waals surface area (Å²) in [6, 6.07) is 5.87. The van der Waals surface area contributed by atoms with Gasteiger partial charge in [0.2, 0.25) is 0 Å². The first-order chi connectivity index (χ1) is 8.77. The first-order valence-electron chi connectivity index (χ1n) is 6.50. The molecule has 0 atom stereocenters. The molecule has 1 rings (SSSR count). The van der Waals surface area contributed by atoms with Crippen molar-refractivity contribution in [2.75, 3.05) is 19.8 Å². The minimum Gasteiger partial charge on any atom is -0.492 e. The number of ether oxygens (including phenoxy) is 1. The zero-order chi connectivity index (χ0) is 13.2. The van der Waals surface area contributed by atoms with Crippen LogP contribution in [0.15, 0.2) is 18.2 Å². The van der Waals surface area contributed by atoms with Gasteiger partial charge in [-0.2, -0.15) is 0 Å². The molecule has 0 saturated heterocycles. The minimum atomic E-state index is 0.286. The van der Waals surface area contributed by atoms with Gasteiger partial charge in [0, 0.05) is 13.2 Å². The lowest BCUT2D eigenvalue weighted by molar-refractivity contribution is 0.283. The molecule has 0 aliphatic rings. The number of aliphatic hydroxyl groups excluding tert-OH is 1. The summed E-state index contributed by atoms with van der Waals surface area (Å²) < 4.78 is 5.39. The van der Waals surface area contributed by atoms with Crippen LogP contribution < -0.4 is 10.1 Å². The highest BCUT2D eigenvalue weighted by atomic mass is 35.5. The van der Waals surface area contributed by atoms with Gasteiger partial charge in [0.25, 0.3) is 0 Å². The molecular formula is C14H22ClNO2. The second-order valence-electron chi connectivity index (χ2n) is 4.16. The molecule has 1 aromatic carbocycles. The number of halogens is 1. The van der Waals surface area contributed by atoms with Crippen LogP contribution in [-0.2, 0) is 6.54 Å². The Morgan fingerprint density at radius 1 is 1.28 bits per heavy atom. The van der Waals surface area contributed by atoms with Crippen molar-refractivity contribution in [1.82, 2.24) is 5.32 Å². The summed E-state index contributed by atoms with van der Waals surface area (Å²) in [7, 11) is 0. The molecule has 0 fully saturated rings. The van der Waals surface area contributed by atoms with E-state index in [-0.39, 0.29) is 6.61 Å². The van der Waals surface area contributed by atoms with Crippen LogP contribution in [0.2, 0.25) is 5.02 Å². The van der Waals surface area contributed by atoms with E-state index >= 15 is 0 Å². The molecule has 2 N–H and O–H groups in total. The zero-order valence-corrected chi connectivity index (χ0v) is 11.7. The van der Waals surface area contributed by atoms with Gasteiger partial charge in [-0.3, -0.25) is 0 Å². The smallest absolute Gasteiger partial charge is 0.137 e. The summed E-state index contributed by atoms with van der Waals surface area (Å²) in [6.45, 7) is 4.63. The number of hydrogen-bond donors (Lipinski definition) is 2. The van der Waals surface area contributed by atoms with Crippen molar-refractivity contribution in [3.05, 3.63) is 28.8 Å². The Labute approximate surface area is 114 Å². The fourth-order valence-electron chi connectivity index (χ4n) is 1.70. The lowest BCUT2D eigenvalue weighted by Crippen LogP contribution is -2.14. The van der Waals surface area contributed by atoms with Crippen molar-refractivity contribution in [2.24, 2.45) is 0 Å². The molecule has 0 heterocycles. The van der Waals surface area contributed by atoms with Crippen molar-refractivity contribution in [2.45, 2.75) is 32.7 Å². The van der Waals surface area contributed by atoms with Crippen LogP contribution in [0.25, 0.3) is 0 Å². The molecule has 0 aromatic heterocycles. The Morgan fingerprint density at radius 3 is 2.78 bits per heavy atom. The van der Waals surface area contributed by atoms with E-state index in [4.69, 9.17) is 21.4 Å². The fourth-order valence-corrected chi connectivity index (χ4v) is 1.96. The molecule has 18 heavy (non-hydrogen) atoms. The Balaban J connectivity index is 2.28. The molecule has 3 nitrogen and oxygen atoms in total. The van der Waals surface area contributed by atoms with E-state index in [1.54, 1.807) is 0 Å². The predicted octanol–water partition coefficient (Wildman–Crippen LogP) is 2.99. The second-order valence-corrected chi connectivity index (χ2v) is 4.57. The third-order valence-electron chi connectivity index (χ3n) is 2.64. The Kier molecular flexibility index (Phi) is 7.81. The van der Waals surface area contributed by atoms with Crippen molar-refractivity contribution in [3.8, 4) is 5.75 Å². The largest absolute Gasteiger partial charge is 0.492 e. The Bertz CT molecular complexity index is 345. The summed E-state index contributed by atoms with van der Waals surface area (Å²) in [5, 5.41) is 12.7. The average Bonchev–Trinajstić information content (AvgIpc) is 2.37. The molecule has 0 amide bonds. The lowest BCUT2D eigenvalue weighted by atomic mass is 10.2. The minimum absolute atomic E-state index is 0.286. The highest BCUT2D eigenvalue weighted by Gasteiger charge is 2.02. The third kappa shape index (κ3) is 5.71. The van der Waals surface area contributed by atoms with Gasteiger partial charge in [0.1, 0.15) is 5.75 Å². The number of rotatable bonds is 9. The Morgan fingerprint density at radius 2 is 2.11 bits per heavy atom. The van der Waals surface area contributed by atoms with E-state index < -0.39 is 0 Å². The van der Waals surface area contributed by atoms with Gasteiger partial charge >= 0.3 is 0 Å². The van der Waals surface area contributed by atoms with Crippen molar-refractivity contribution >= 4 is 11.6 Å². The van der Waals surface area contributed by atoms with Gasteiger partial charge < -0.3 is 15.2 Å². The van der Waals surface area contributed by atoms with Gasteiger partial charge in [-0.15, -0.1) is 0 Å². The van der Waals surface area contributed by atoms with E-state index in [9.17, 15) is 0 Å². The van der Waals surface area contributed by atoms with Crippen LogP contribution in [0.3, 0.4) is 0 Å². The summed E-state index contributed by atoms with van der Waals surface area (Å²) in [6.07, 6.45) is 3.04. The van der Waals surface area contributed by atoms with E-state index in [1.807, 2.05) is 25.1 Å². The maximum absolute atomic E-state index is 8.65. The Hall–Kier alpha value is -0.770. The highest BCUT2D eigenvalue weighted by Crippen LogP contribution is 2.25. The van der Waals surface area contributed by atoms with Gasteiger partial charge in [-0.05, 0) is 50.4 Å². The molecule has 1 aromatic rings. The molecule has 4 heteroatoms. The van der Waals surface area contributed by atoms with E-state index in [0.29, 0.717) is 11.6 Å². The first kappa shape index (κ1) is 15.3. The SMILES string of the molecule is CCOc1ccc(CNCCCCCO)cc1Cl. The van der Waals surface area contributed by atoms with Crippen molar-refractivity contribution in [1.29, 1.82) is 0 Å². The van der Waals surface area contributed by atoms with E-state index in [2.05, 4.69) is 5.32 Å². The maximum atomic E-state index is 8.65. The highest BCUT2D eigenvalue weighted by molar-refractivity contribution is 6.32. The quantitative estimate of drug-likeness (QED) is 0.679. The normalized spacial score (nSPS) is 10.6. The first-order valence-corrected chi connectivity index (χ1v) is 6.88. The van der Waals surface area contributed by atoms with Crippen LogP contribution in [0, 0.1) is 0 Å². The molecule has 102 valence electrons. The van der Waals surface area contributed by atoms with Crippen LogP contribution in [-0.4, -0.2) is 24.9 Å². The monoisotopic (exact) mass is 271 g/mol. The standard InChI is InChI=1S/C14H22ClNO2/c1-2-18-14-7-6-12(10-13(14)15)11-16-8-4-3-5-9-17/h6-7,10,16-17H,2-5,8-9,11H2,1H3. The van der Waals surface area contributed by atoms with E-state index in [0.717, 1.165) is 43.7 Å². The number of hydrogen-bond acceptors (Lipinski definition) is 3. The summed E-state index contributed by atoms with van der Waals surface area (Å²) in [4.78, 5) is 0. The van der Waals surface area contributed by atoms with Crippen molar-refractivity contribution in [3.63, 3.8) is 0 Å². The van der Waals surface area contributed by atoms with Crippen LogP contribution in [0.5, 0.6) is 5.75 Å². The predicted molar refractivity (Wildman–Crippen MR) is 75.3 cm³/mol. The molecule has 0 bridgehead atoms. The van der Waals surface area contributed by atoms with Gasteiger partial charge in [0.05, 0.1) is 11.6 Å². The molecule has 0 unspecified atom stereocenters. The topological polar surface area (TPSA) is 41.5 Å². The summed E-state index contributed by atoms with van der Waals surface area (Å²) >= 11 is 6.11. The number of nitrogens with one attached hydrogen (secondary N) is 1. The van der Waals surface area contributed by atoms with Gasteiger partial charge in [0.15, 0.2) is 0 Å². The van der Waals surface area contributed by atoms with Crippen LogP contribution in [0.4, 0.5) is 0 Å². The molecule has 0 spiro atoms. The molecule has 0 saturated carbocycles. The summed E-state index contributed by atoms with van der Waals surface area (Å²) in [5.74, 6) is 0.742. The van der Waals surface area contributed by atoms with Crippen molar-refractivity contribution < 1.29 is 9.84 Å².